The molecule has 0 amide bonds. The van der Waals surface area contributed by atoms with Gasteiger partial charge in [-0.25, -0.2) is 9.97 Å². The molecular formula is C19H29N7O. The SMILES string of the molecule is Cc1cc(C)nc(N2CCC[C@H](c3nnc(CN4CCOCC4)n3C)C2)n1. The van der Waals surface area contributed by atoms with Crippen LogP contribution in [0.3, 0.4) is 0 Å². The van der Waals surface area contributed by atoms with Gasteiger partial charge in [-0.3, -0.25) is 4.90 Å². The molecule has 0 N–H and O–H groups in total. The van der Waals surface area contributed by atoms with Crippen LogP contribution in [0.25, 0.3) is 0 Å². The average molecular weight is 371 g/mol. The van der Waals surface area contributed by atoms with Gasteiger partial charge >= 0.3 is 0 Å². The lowest BCUT2D eigenvalue weighted by Gasteiger charge is -2.32. The van der Waals surface area contributed by atoms with E-state index in [1.807, 2.05) is 19.9 Å². The zero-order chi connectivity index (χ0) is 18.8. The molecule has 0 aromatic carbocycles. The van der Waals surface area contributed by atoms with E-state index in [0.717, 1.165) is 87.8 Å². The van der Waals surface area contributed by atoms with Crippen LogP contribution in [-0.4, -0.2) is 69.0 Å². The Morgan fingerprint density at radius 2 is 1.81 bits per heavy atom. The Bertz CT molecular complexity index is 764. The Morgan fingerprint density at radius 3 is 2.56 bits per heavy atom. The Balaban J connectivity index is 1.48. The zero-order valence-electron chi connectivity index (χ0n) is 16.6. The lowest BCUT2D eigenvalue weighted by Crippen LogP contribution is -2.37. The van der Waals surface area contributed by atoms with Crippen LogP contribution in [0, 0.1) is 13.8 Å². The number of hydrogen-bond acceptors (Lipinski definition) is 7. The van der Waals surface area contributed by atoms with Gasteiger partial charge in [-0.2, -0.15) is 0 Å². The molecule has 1 atom stereocenters. The predicted molar refractivity (Wildman–Crippen MR) is 103 cm³/mol. The molecule has 4 heterocycles. The number of anilines is 1. The molecule has 0 aliphatic carbocycles. The number of morpholine rings is 1. The number of hydrogen-bond donors (Lipinski definition) is 0. The zero-order valence-corrected chi connectivity index (χ0v) is 16.6. The maximum atomic E-state index is 5.44. The number of nitrogens with zero attached hydrogens (tertiary/aromatic N) is 7. The third-order valence-electron chi connectivity index (χ3n) is 5.51. The third kappa shape index (κ3) is 4.11. The molecule has 2 fully saturated rings. The maximum absolute atomic E-state index is 5.44. The molecule has 0 bridgehead atoms. The van der Waals surface area contributed by atoms with E-state index in [2.05, 4.69) is 41.6 Å². The van der Waals surface area contributed by atoms with Gasteiger partial charge in [0.1, 0.15) is 11.6 Å². The minimum absolute atomic E-state index is 0.360. The summed E-state index contributed by atoms with van der Waals surface area (Å²) >= 11 is 0. The van der Waals surface area contributed by atoms with E-state index in [4.69, 9.17) is 4.74 Å². The summed E-state index contributed by atoms with van der Waals surface area (Å²) in [7, 11) is 2.09. The second kappa shape index (κ2) is 7.90. The first kappa shape index (κ1) is 18.3. The molecule has 146 valence electrons. The van der Waals surface area contributed by atoms with Crippen molar-refractivity contribution in [3.63, 3.8) is 0 Å². The summed E-state index contributed by atoms with van der Waals surface area (Å²) in [5, 5.41) is 9.05. The second-order valence-electron chi connectivity index (χ2n) is 7.66. The molecule has 0 unspecified atom stereocenters. The Morgan fingerprint density at radius 1 is 1.07 bits per heavy atom. The topological polar surface area (TPSA) is 72.2 Å². The van der Waals surface area contributed by atoms with Gasteiger partial charge in [-0.15, -0.1) is 10.2 Å². The van der Waals surface area contributed by atoms with Gasteiger partial charge in [0.2, 0.25) is 5.95 Å². The fourth-order valence-corrected chi connectivity index (χ4v) is 4.05. The number of aromatic nitrogens is 5. The van der Waals surface area contributed by atoms with Gasteiger partial charge in [-0.1, -0.05) is 0 Å². The van der Waals surface area contributed by atoms with Crippen LogP contribution in [-0.2, 0) is 18.3 Å². The molecule has 0 radical (unpaired) electrons. The first-order chi connectivity index (χ1) is 13.1. The van der Waals surface area contributed by atoms with Crippen LogP contribution in [0.4, 0.5) is 5.95 Å². The van der Waals surface area contributed by atoms with Crippen LogP contribution < -0.4 is 4.90 Å². The number of piperidine rings is 1. The summed E-state index contributed by atoms with van der Waals surface area (Å²) < 4.78 is 7.62. The first-order valence-corrected chi connectivity index (χ1v) is 9.85. The molecule has 2 aliphatic rings. The molecule has 2 aliphatic heterocycles. The smallest absolute Gasteiger partial charge is 0.225 e. The monoisotopic (exact) mass is 371 g/mol. The van der Waals surface area contributed by atoms with E-state index < -0.39 is 0 Å². The fraction of sp³-hybridized carbons (Fsp3) is 0.684. The number of rotatable bonds is 4. The highest BCUT2D eigenvalue weighted by molar-refractivity contribution is 5.34. The normalized spacial score (nSPS) is 21.6. The van der Waals surface area contributed by atoms with Gasteiger partial charge in [0.05, 0.1) is 19.8 Å². The van der Waals surface area contributed by atoms with E-state index in [0.29, 0.717) is 5.92 Å². The lowest BCUT2D eigenvalue weighted by molar-refractivity contribution is 0.0326. The molecule has 27 heavy (non-hydrogen) atoms. The van der Waals surface area contributed by atoms with Gasteiger partial charge in [-0.05, 0) is 32.8 Å². The van der Waals surface area contributed by atoms with Crippen molar-refractivity contribution in [1.82, 2.24) is 29.6 Å². The molecule has 8 nitrogen and oxygen atoms in total. The summed E-state index contributed by atoms with van der Waals surface area (Å²) in [6.07, 6.45) is 2.25. The molecule has 4 rings (SSSR count). The van der Waals surface area contributed by atoms with Crippen molar-refractivity contribution in [1.29, 1.82) is 0 Å². The average Bonchev–Trinajstić information content (AvgIpc) is 3.02. The van der Waals surface area contributed by atoms with Crippen LogP contribution >= 0.6 is 0 Å². The van der Waals surface area contributed by atoms with E-state index in [1.54, 1.807) is 0 Å². The summed E-state index contributed by atoms with van der Waals surface area (Å²) in [6, 6.07) is 2.02. The highest BCUT2D eigenvalue weighted by Gasteiger charge is 2.28. The van der Waals surface area contributed by atoms with Crippen LogP contribution in [0.2, 0.25) is 0 Å². The molecule has 2 aromatic heterocycles. The summed E-state index contributed by atoms with van der Waals surface area (Å²) in [5.74, 6) is 3.31. The van der Waals surface area contributed by atoms with Gasteiger partial charge < -0.3 is 14.2 Å². The second-order valence-corrected chi connectivity index (χ2v) is 7.66. The molecule has 8 heteroatoms. The summed E-state index contributed by atoms with van der Waals surface area (Å²) in [4.78, 5) is 14.0. The van der Waals surface area contributed by atoms with Crippen LogP contribution in [0.1, 0.15) is 41.8 Å². The number of aryl methyl sites for hydroxylation is 2. The van der Waals surface area contributed by atoms with E-state index in [1.165, 1.54) is 0 Å². The minimum atomic E-state index is 0.360. The van der Waals surface area contributed by atoms with Crippen molar-refractivity contribution in [3.05, 3.63) is 29.1 Å². The van der Waals surface area contributed by atoms with E-state index in [-0.39, 0.29) is 0 Å². The molecule has 2 saturated heterocycles. The highest BCUT2D eigenvalue weighted by Crippen LogP contribution is 2.28. The Hall–Kier alpha value is -2.06. The van der Waals surface area contributed by atoms with Gasteiger partial charge in [0, 0.05) is 50.5 Å². The maximum Gasteiger partial charge on any atom is 0.225 e. The van der Waals surface area contributed by atoms with E-state index >= 15 is 0 Å². The highest BCUT2D eigenvalue weighted by atomic mass is 16.5. The summed E-state index contributed by atoms with van der Waals surface area (Å²) in [6.45, 7) is 10.3. The Labute approximate surface area is 160 Å². The molecule has 2 aromatic rings. The quantitative estimate of drug-likeness (QED) is 0.805. The van der Waals surface area contributed by atoms with E-state index in [9.17, 15) is 0 Å². The van der Waals surface area contributed by atoms with Gasteiger partial charge in [0.25, 0.3) is 0 Å². The van der Waals surface area contributed by atoms with Crippen molar-refractivity contribution in [2.75, 3.05) is 44.3 Å². The van der Waals surface area contributed by atoms with Crippen molar-refractivity contribution in [2.45, 2.75) is 39.2 Å². The largest absolute Gasteiger partial charge is 0.379 e. The first-order valence-electron chi connectivity index (χ1n) is 9.85. The summed E-state index contributed by atoms with van der Waals surface area (Å²) in [5.41, 5.74) is 2.04. The molecular weight excluding hydrogens is 342 g/mol. The van der Waals surface area contributed by atoms with Crippen LogP contribution in [0.15, 0.2) is 6.07 Å². The lowest BCUT2D eigenvalue weighted by atomic mass is 9.97. The van der Waals surface area contributed by atoms with Crippen LogP contribution in [0.5, 0.6) is 0 Å². The predicted octanol–water partition coefficient (Wildman–Crippen LogP) is 1.44. The van der Waals surface area contributed by atoms with Crippen molar-refractivity contribution >= 4 is 5.95 Å². The standard InChI is InChI=1S/C19H29N7O/c1-14-11-15(2)21-19(20-14)26-6-4-5-16(12-26)18-23-22-17(24(18)3)13-25-7-9-27-10-8-25/h11,16H,4-10,12-13H2,1-3H3/t16-/m0/s1. The van der Waals surface area contributed by atoms with Crippen molar-refractivity contribution in [3.8, 4) is 0 Å². The van der Waals surface area contributed by atoms with Gasteiger partial charge in [0.15, 0.2) is 0 Å². The molecule has 0 spiro atoms. The Kier molecular flexibility index (Phi) is 5.36. The fourth-order valence-electron chi connectivity index (χ4n) is 4.05. The number of ether oxygens (including phenoxy) is 1. The van der Waals surface area contributed by atoms with Crippen molar-refractivity contribution in [2.24, 2.45) is 7.05 Å². The third-order valence-corrected chi connectivity index (χ3v) is 5.51. The molecule has 0 saturated carbocycles. The minimum Gasteiger partial charge on any atom is -0.379 e. The van der Waals surface area contributed by atoms with Crippen molar-refractivity contribution < 1.29 is 4.74 Å².